The van der Waals surface area contributed by atoms with E-state index < -0.39 is 0 Å². The number of carbonyl (C=O) groups is 1. The van der Waals surface area contributed by atoms with Gasteiger partial charge in [-0.05, 0) is 62.5 Å². The van der Waals surface area contributed by atoms with E-state index in [2.05, 4.69) is 26.6 Å². The Bertz CT molecular complexity index is 436. The molecular formula is C16H24BrClN2O2. The van der Waals surface area contributed by atoms with Gasteiger partial charge in [-0.1, -0.05) is 15.9 Å². The zero-order chi connectivity index (χ0) is 14.9. The van der Waals surface area contributed by atoms with Gasteiger partial charge in [0.15, 0.2) is 0 Å². The molecule has 0 aromatic heterocycles. The van der Waals surface area contributed by atoms with Gasteiger partial charge in [-0.25, -0.2) is 0 Å². The highest BCUT2D eigenvalue weighted by Crippen LogP contribution is 2.17. The molecule has 0 saturated carbocycles. The van der Waals surface area contributed by atoms with E-state index in [0.29, 0.717) is 25.5 Å². The van der Waals surface area contributed by atoms with Gasteiger partial charge in [0.2, 0.25) is 5.91 Å². The van der Waals surface area contributed by atoms with Gasteiger partial charge in [0, 0.05) is 10.9 Å². The van der Waals surface area contributed by atoms with Gasteiger partial charge in [-0.15, -0.1) is 12.4 Å². The fourth-order valence-corrected chi connectivity index (χ4v) is 2.75. The molecule has 1 aliphatic heterocycles. The maximum atomic E-state index is 11.8. The number of nitrogens with one attached hydrogen (secondary N) is 2. The Balaban J connectivity index is 0.00000242. The molecule has 0 spiro atoms. The lowest BCUT2D eigenvalue weighted by Gasteiger charge is -2.22. The van der Waals surface area contributed by atoms with Crippen LogP contribution >= 0.6 is 28.3 Å². The maximum absolute atomic E-state index is 11.8. The highest BCUT2D eigenvalue weighted by Gasteiger charge is 2.14. The van der Waals surface area contributed by atoms with Crippen molar-refractivity contribution in [2.24, 2.45) is 5.92 Å². The van der Waals surface area contributed by atoms with Crippen molar-refractivity contribution in [3.05, 3.63) is 28.7 Å². The second kappa shape index (κ2) is 10.9. The van der Waals surface area contributed by atoms with E-state index in [1.54, 1.807) is 0 Å². The number of benzene rings is 1. The zero-order valence-electron chi connectivity index (χ0n) is 12.6. The Morgan fingerprint density at radius 3 is 2.64 bits per heavy atom. The third-order valence-corrected chi connectivity index (χ3v) is 4.27. The zero-order valence-corrected chi connectivity index (χ0v) is 15.0. The van der Waals surface area contributed by atoms with Crippen LogP contribution in [0.25, 0.3) is 0 Å². The maximum Gasteiger partial charge on any atom is 0.220 e. The lowest BCUT2D eigenvalue weighted by Crippen LogP contribution is -2.30. The molecule has 1 aliphatic rings. The topological polar surface area (TPSA) is 50.4 Å². The molecule has 1 aromatic rings. The number of hydrogen-bond donors (Lipinski definition) is 2. The molecule has 2 rings (SSSR count). The van der Waals surface area contributed by atoms with E-state index in [9.17, 15) is 4.79 Å². The van der Waals surface area contributed by atoms with E-state index in [1.165, 1.54) is 12.8 Å². The number of halogens is 2. The SMILES string of the molecule is Cl.O=C(CCC1CCNCC1)NCCOc1ccc(Br)cc1. The predicted molar refractivity (Wildman–Crippen MR) is 94.7 cm³/mol. The van der Waals surface area contributed by atoms with Gasteiger partial charge in [0.1, 0.15) is 12.4 Å². The number of amides is 1. The van der Waals surface area contributed by atoms with Crippen LogP contribution in [0.4, 0.5) is 0 Å². The third kappa shape index (κ3) is 7.47. The van der Waals surface area contributed by atoms with E-state index in [1.807, 2.05) is 24.3 Å². The van der Waals surface area contributed by atoms with Crippen LogP contribution in [0.3, 0.4) is 0 Å². The lowest BCUT2D eigenvalue weighted by atomic mass is 9.93. The predicted octanol–water partition coefficient (Wildman–Crippen LogP) is 3.15. The standard InChI is InChI=1S/C16H23BrN2O2.ClH/c17-14-2-4-15(5-3-14)21-12-11-19-16(20)6-1-13-7-9-18-10-8-13;/h2-5,13,18H,1,6-12H2,(H,19,20);1H. The van der Waals surface area contributed by atoms with Crippen LogP contribution in [0.15, 0.2) is 28.7 Å². The molecule has 1 fully saturated rings. The molecule has 0 radical (unpaired) electrons. The van der Waals surface area contributed by atoms with Crippen molar-refractivity contribution in [1.82, 2.24) is 10.6 Å². The summed E-state index contributed by atoms with van der Waals surface area (Å²) in [6.07, 6.45) is 4.02. The fourth-order valence-electron chi connectivity index (χ4n) is 2.48. The summed E-state index contributed by atoms with van der Waals surface area (Å²) in [7, 11) is 0. The summed E-state index contributed by atoms with van der Waals surface area (Å²) in [6, 6.07) is 7.69. The van der Waals surface area contributed by atoms with Crippen LogP contribution in [-0.2, 0) is 4.79 Å². The first-order chi connectivity index (χ1) is 10.2. The Hall–Kier alpha value is -0.780. The van der Waals surface area contributed by atoms with Crippen molar-refractivity contribution in [2.75, 3.05) is 26.2 Å². The summed E-state index contributed by atoms with van der Waals surface area (Å²) < 4.78 is 6.59. The van der Waals surface area contributed by atoms with Gasteiger partial charge in [0.25, 0.3) is 0 Å². The normalized spacial score (nSPS) is 15.0. The van der Waals surface area contributed by atoms with Crippen LogP contribution in [0.2, 0.25) is 0 Å². The van der Waals surface area contributed by atoms with Gasteiger partial charge >= 0.3 is 0 Å². The summed E-state index contributed by atoms with van der Waals surface area (Å²) in [6.45, 7) is 3.24. The first kappa shape index (κ1) is 19.3. The molecule has 1 aromatic carbocycles. The van der Waals surface area contributed by atoms with E-state index in [-0.39, 0.29) is 18.3 Å². The number of carbonyl (C=O) groups excluding carboxylic acids is 1. The quantitative estimate of drug-likeness (QED) is 0.702. The summed E-state index contributed by atoms with van der Waals surface area (Å²) in [4.78, 5) is 11.8. The molecule has 0 bridgehead atoms. The van der Waals surface area contributed by atoms with Crippen molar-refractivity contribution in [3.63, 3.8) is 0 Å². The minimum absolute atomic E-state index is 0. The average molecular weight is 392 g/mol. The van der Waals surface area contributed by atoms with Crippen molar-refractivity contribution >= 4 is 34.2 Å². The van der Waals surface area contributed by atoms with E-state index in [4.69, 9.17) is 4.74 Å². The van der Waals surface area contributed by atoms with Crippen LogP contribution < -0.4 is 15.4 Å². The summed E-state index contributed by atoms with van der Waals surface area (Å²) >= 11 is 3.38. The number of rotatable bonds is 7. The molecule has 2 N–H and O–H groups in total. The van der Waals surface area contributed by atoms with Crippen LogP contribution in [-0.4, -0.2) is 32.1 Å². The van der Waals surface area contributed by atoms with Crippen LogP contribution in [0.1, 0.15) is 25.7 Å². The minimum atomic E-state index is 0. The average Bonchev–Trinajstić information content (AvgIpc) is 2.52. The number of hydrogen-bond acceptors (Lipinski definition) is 3. The fraction of sp³-hybridized carbons (Fsp3) is 0.562. The van der Waals surface area contributed by atoms with E-state index in [0.717, 1.165) is 29.7 Å². The number of ether oxygens (including phenoxy) is 1. The highest BCUT2D eigenvalue weighted by molar-refractivity contribution is 9.10. The van der Waals surface area contributed by atoms with Crippen molar-refractivity contribution in [3.8, 4) is 5.75 Å². The Morgan fingerprint density at radius 1 is 1.27 bits per heavy atom. The molecule has 1 heterocycles. The first-order valence-electron chi connectivity index (χ1n) is 7.60. The molecule has 22 heavy (non-hydrogen) atoms. The van der Waals surface area contributed by atoms with Crippen molar-refractivity contribution in [2.45, 2.75) is 25.7 Å². The van der Waals surface area contributed by atoms with Gasteiger partial charge in [-0.2, -0.15) is 0 Å². The third-order valence-electron chi connectivity index (χ3n) is 3.74. The summed E-state index contributed by atoms with van der Waals surface area (Å²) in [5, 5.41) is 6.26. The van der Waals surface area contributed by atoms with Gasteiger partial charge in [-0.3, -0.25) is 4.79 Å². The van der Waals surface area contributed by atoms with Crippen LogP contribution in [0.5, 0.6) is 5.75 Å². The molecule has 124 valence electrons. The summed E-state index contributed by atoms with van der Waals surface area (Å²) in [5.74, 6) is 1.66. The molecule has 4 nitrogen and oxygen atoms in total. The Labute approximate surface area is 146 Å². The second-order valence-electron chi connectivity index (χ2n) is 5.38. The molecule has 6 heteroatoms. The Morgan fingerprint density at radius 2 is 1.95 bits per heavy atom. The summed E-state index contributed by atoms with van der Waals surface area (Å²) in [5.41, 5.74) is 0. The van der Waals surface area contributed by atoms with Crippen LogP contribution in [0, 0.1) is 5.92 Å². The van der Waals surface area contributed by atoms with Gasteiger partial charge < -0.3 is 15.4 Å². The molecule has 1 amide bonds. The smallest absolute Gasteiger partial charge is 0.220 e. The van der Waals surface area contributed by atoms with Crippen molar-refractivity contribution in [1.29, 1.82) is 0 Å². The van der Waals surface area contributed by atoms with E-state index >= 15 is 0 Å². The second-order valence-corrected chi connectivity index (χ2v) is 6.30. The largest absolute Gasteiger partial charge is 0.492 e. The lowest BCUT2D eigenvalue weighted by molar-refractivity contribution is -0.121. The molecule has 0 unspecified atom stereocenters. The van der Waals surface area contributed by atoms with Gasteiger partial charge in [0.05, 0.1) is 6.54 Å². The number of piperidine rings is 1. The Kier molecular flexibility index (Phi) is 9.52. The molecule has 0 atom stereocenters. The molecule has 1 saturated heterocycles. The first-order valence-corrected chi connectivity index (χ1v) is 8.39. The molecule has 0 aliphatic carbocycles. The minimum Gasteiger partial charge on any atom is -0.492 e. The molecular weight excluding hydrogens is 368 g/mol. The monoisotopic (exact) mass is 390 g/mol. The van der Waals surface area contributed by atoms with Crippen molar-refractivity contribution < 1.29 is 9.53 Å². The highest BCUT2D eigenvalue weighted by atomic mass is 79.9.